The molecule has 1 aromatic carbocycles. The number of amides is 1. The summed E-state index contributed by atoms with van der Waals surface area (Å²) in [6.45, 7) is -2.86. The Balaban J connectivity index is 0.00000336. The van der Waals surface area contributed by atoms with Gasteiger partial charge in [0.2, 0.25) is 0 Å². The van der Waals surface area contributed by atoms with Crippen molar-refractivity contribution in [1.82, 2.24) is 14.6 Å². The van der Waals surface area contributed by atoms with E-state index < -0.39 is 13.0 Å². The van der Waals surface area contributed by atoms with Gasteiger partial charge in [0.05, 0.1) is 0 Å². The van der Waals surface area contributed by atoms with Crippen molar-refractivity contribution in [2.75, 3.05) is 19.7 Å². The van der Waals surface area contributed by atoms with Crippen LogP contribution in [0.25, 0.3) is 16.6 Å². The highest BCUT2D eigenvalue weighted by Crippen LogP contribution is 2.45. The zero-order chi connectivity index (χ0) is 25.8. The molecule has 0 aliphatic carbocycles. The van der Waals surface area contributed by atoms with E-state index in [0.29, 0.717) is 35.9 Å². The summed E-state index contributed by atoms with van der Waals surface area (Å²) in [6.07, 6.45) is 9.37. The second kappa shape index (κ2) is 12.2. The van der Waals surface area contributed by atoms with Crippen LogP contribution in [0, 0.1) is 0 Å². The third-order valence-corrected chi connectivity index (χ3v) is 7.65. The Morgan fingerprint density at radius 1 is 1.08 bits per heavy atom. The van der Waals surface area contributed by atoms with E-state index in [-0.39, 0.29) is 24.9 Å². The van der Waals surface area contributed by atoms with Crippen molar-refractivity contribution >= 4 is 42.7 Å². The fourth-order valence-corrected chi connectivity index (χ4v) is 5.69. The summed E-state index contributed by atoms with van der Waals surface area (Å²) in [7, 11) is 0. The molecular formula is C27H31BClF2N4O2S-. The lowest BCUT2D eigenvalue weighted by Crippen LogP contribution is -2.54. The van der Waals surface area contributed by atoms with Crippen molar-refractivity contribution < 1.29 is 18.2 Å². The number of nitrogens with one attached hydrogen (secondary N) is 1. The summed E-state index contributed by atoms with van der Waals surface area (Å²) in [4.78, 5) is 14.1. The molecule has 6 nitrogen and oxygen atoms in total. The maximum atomic E-state index is 16.1. The molecular weight excluding hydrogens is 529 g/mol. The van der Waals surface area contributed by atoms with Crippen LogP contribution in [0.1, 0.15) is 43.0 Å². The molecule has 0 bridgehead atoms. The molecule has 38 heavy (non-hydrogen) atoms. The third kappa shape index (κ3) is 5.67. The molecule has 1 unspecified atom stereocenters. The molecule has 0 saturated heterocycles. The van der Waals surface area contributed by atoms with Crippen molar-refractivity contribution in [2.45, 2.75) is 31.7 Å². The third-order valence-electron chi connectivity index (χ3n) is 6.76. The number of ether oxygens (including phenoxy) is 1. The summed E-state index contributed by atoms with van der Waals surface area (Å²) in [6, 6.07) is 13.6. The number of benzene rings is 1. The van der Waals surface area contributed by atoms with E-state index in [1.54, 1.807) is 54.6 Å². The molecule has 202 valence electrons. The number of allylic oxidation sites excluding steroid dienone is 1. The number of hydrogen-bond acceptors (Lipinski definition) is 5. The van der Waals surface area contributed by atoms with Crippen molar-refractivity contribution in [3.05, 3.63) is 83.0 Å². The van der Waals surface area contributed by atoms with Crippen LogP contribution in [-0.2, 0) is 4.79 Å². The molecule has 0 fully saturated rings. The van der Waals surface area contributed by atoms with Gasteiger partial charge in [-0.25, -0.2) is 0 Å². The Labute approximate surface area is 231 Å². The van der Waals surface area contributed by atoms with Gasteiger partial charge in [0.1, 0.15) is 5.75 Å². The molecule has 5 rings (SSSR count). The van der Waals surface area contributed by atoms with E-state index in [1.807, 2.05) is 17.5 Å². The highest BCUT2D eigenvalue weighted by molar-refractivity contribution is 7.13. The van der Waals surface area contributed by atoms with Crippen LogP contribution < -0.4 is 15.8 Å². The Morgan fingerprint density at radius 2 is 1.87 bits per heavy atom. The van der Waals surface area contributed by atoms with Gasteiger partial charge in [-0.05, 0) is 72.8 Å². The number of halogens is 3. The molecule has 11 heteroatoms. The number of nitrogens with zero attached hydrogens (tertiary/aromatic N) is 2. The quantitative estimate of drug-likeness (QED) is 0.229. The Kier molecular flexibility index (Phi) is 8.97. The molecule has 2 aliphatic heterocycles. The van der Waals surface area contributed by atoms with E-state index in [4.69, 9.17) is 10.5 Å². The summed E-state index contributed by atoms with van der Waals surface area (Å²) >= 11 is 1.45. The first kappa shape index (κ1) is 27.9. The van der Waals surface area contributed by atoms with Crippen LogP contribution in [0.15, 0.2) is 71.8 Å². The van der Waals surface area contributed by atoms with E-state index in [2.05, 4.69) is 5.32 Å². The van der Waals surface area contributed by atoms with Gasteiger partial charge in [0, 0.05) is 34.5 Å². The SMILES string of the molecule is Cl.NCCCCCCNC(=O)COc1ccc(C2C=CC3=Cc4ccc(-c5cccs5)n4[B-](F)(F)N32)cc1. The molecule has 0 saturated carbocycles. The predicted octanol–water partition coefficient (Wildman–Crippen LogP) is 5.84. The summed E-state index contributed by atoms with van der Waals surface area (Å²) in [5.74, 6) is 0.333. The van der Waals surface area contributed by atoms with Crippen LogP contribution in [0.2, 0.25) is 0 Å². The number of fused-ring (bicyclic) bond motifs is 2. The summed E-state index contributed by atoms with van der Waals surface area (Å²) in [5, 5.41) is 4.74. The molecule has 4 heterocycles. The van der Waals surface area contributed by atoms with Crippen molar-refractivity contribution in [3.63, 3.8) is 0 Å². The lowest BCUT2D eigenvalue weighted by atomic mass is 9.86. The first-order valence-electron chi connectivity index (χ1n) is 12.6. The molecule has 2 aromatic heterocycles. The topological polar surface area (TPSA) is 72.5 Å². The van der Waals surface area contributed by atoms with Gasteiger partial charge in [0.25, 0.3) is 5.91 Å². The monoisotopic (exact) mass is 559 g/mol. The van der Waals surface area contributed by atoms with Crippen molar-refractivity contribution in [1.29, 1.82) is 0 Å². The van der Waals surface area contributed by atoms with E-state index in [1.165, 1.54) is 20.6 Å². The fraction of sp³-hybridized carbons (Fsp3) is 0.296. The number of hydrogen-bond donors (Lipinski definition) is 2. The maximum absolute atomic E-state index is 16.1. The molecule has 1 amide bonds. The number of rotatable bonds is 11. The molecule has 3 aromatic rings. The fourth-order valence-electron chi connectivity index (χ4n) is 4.94. The smallest absolute Gasteiger partial charge is 0.484 e. The largest absolute Gasteiger partial charge is 0.530 e. The first-order chi connectivity index (χ1) is 18.0. The van der Waals surface area contributed by atoms with Gasteiger partial charge >= 0.3 is 6.97 Å². The minimum atomic E-state index is -4.07. The Hall–Kier alpha value is -3.08. The molecule has 3 N–H and O–H groups in total. The normalized spacial score (nSPS) is 16.9. The van der Waals surface area contributed by atoms with Gasteiger partial charge in [0.15, 0.2) is 6.61 Å². The standard InChI is InChI=1S/C27H30BF2N4O2S.ClH/c29-28(30)33-21(18-22-10-14-25(34(22)28)26-6-5-17-37-26)9-13-24(33)20-7-11-23(12-8-20)36-19-27(35)32-16-4-2-1-3-15-31;/h5-14,17-18,24H,1-4,15-16,19,31H2,(H,32,35);1H/q-1;. The van der Waals surface area contributed by atoms with Gasteiger partial charge in [-0.2, -0.15) is 0 Å². The Bertz CT molecular complexity index is 1290. The lowest BCUT2D eigenvalue weighted by Gasteiger charge is -2.47. The van der Waals surface area contributed by atoms with Crippen LogP contribution in [0.4, 0.5) is 8.63 Å². The maximum Gasteiger partial charge on any atom is 0.530 e. The molecule has 0 spiro atoms. The van der Waals surface area contributed by atoms with Crippen molar-refractivity contribution in [2.24, 2.45) is 5.73 Å². The van der Waals surface area contributed by atoms with Crippen LogP contribution in [0.3, 0.4) is 0 Å². The zero-order valence-electron chi connectivity index (χ0n) is 20.9. The van der Waals surface area contributed by atoms with Crippen LogP contribution in [0.5, 0.6) is 5.75 Å². The molecule has 0 radical (unpaired) electrons. The van der Waals surface area contributed by atoms with Crippen LogP contribution >= 0.6 is 23.7 Å². The second-order valence-electron chi connectivity index (χ2n) is 9.27. The number of thiophene rings is 1. The van der Waals surface area contributed by atoms with E-state index in [0.717, 1.165) is 36.1 Å². The zero-order valence-corrected chi connectivity index (χ0v) is 22.5. The van der Waals surface area contributed by atoms with Gasteiger partial charge in [-0.1, -0.05) is 37.1 Å². The van der Waals surface area contributed by atoms with Crippen molar-refractivity contribution in [3.8, 4) is 16.3 Å². The minimum Gasteiger partial charge on any atom is -0.484 e. The number of unbranched alkanes of at least 4 members (excludes halogenated alkanes) is 3. The molecule has 1 atom stereocenters. The summed E-state index contributed by atoms with van der Waals surface area (Å²) < 4.78 is 38.9. The lowest BCUT2D eigenvalue weighted by molar-refractivity contribution is -0.123. The van der Waals surface area contributed by atoms with Crippen LogP contribution in [-0.4, -0.2) is 41.9 Å². The number of aromatic nitrogens is 1. The highest BCUT2D eigenvalue weighted by Gasteiger charge is 2.45. The van der Waals surface area contributed by atoms with Gasteiger partial charge in [-0.15, -0.1) is 23.7 Å². The molecule has 2 aliphatic rings. The average Bonchev–Trinajstić information content (AvgIpc) is 3.65. The average molecular weight is 560 g/mol. The van der Waals surface area contributed by atoms with E-state index in [9.17, 15) is 4.79 Å². The van der Waals surface area contributed by atoms with Gasteiger partial charge in [-0.3, -0.25) is 4.79 Å². The van der Waals surface area contributed by atoms with Gasteiger partial charge < -0.3 is 33.7 Å². The number of carbonyl (C=O) groups is 1. The van der Waals surface area contributed by atoms with E-state index >= 15 is 8.63 Å². The number of carbonyl (C=O) groups excluding carboxylic acids is 1. The highest BCUT2D eigenvalue weighted by atomic mass is 35.5. The summed E-state index contributed by atoms with van der Waals surface area (Å²) in [5.41, 5.74) is 7.73. The Morgan fingerprint density at radius 3 is 2.61 bits per heavy atom. The second-order valence-corrected chi connectivity index (χ2v) is 10.2. The predicted molar refractivity (Wildman–Crippen MR) is 153 cm³/mol. The number of nitrogens with two attached hydrogens (primary N) is 1. The first-order valence-corrected chi connectivity index (χ1v) is 13.5. The minimum absolute atomic E-state index is 0.